The van der Waals surface area contributed by atoms with Gasteiger partial charge in [-0.3, -0.25) is 0 Å². The topological polar surface area (TPSA) is 20.2 Å². The summed E-state index contributed by atoms with van der Waals surface area (Å²) in [5, 5.41) is 10.2. The van der Waals surface area contributed by atoms with Gasteiger partial charge in [0.1, 0.15) is 0 Å². The molecule has 0 aromatic carbocycles. The zero-order chi connectivity index (χ0) is 8.29. The van der Waals surface area contributed by atoms with Gasteiger partial charge in [0.05, 0.1) is 6.10 Å². The lowest BCUT2D eigenvalue weighted by Gasteiger charge is -2.55. The summed E-state index contributed by atoms with van der Waals surface area (Å²) in [7, 11) is 0. The van der Waals surface area contributed by atoms with Crippen LogP contribution in [0.1, 0.15) is 25.7 Å². The van der Waals surface area contributed by atoms with Crippen LogP contribution < -0.4 is 0 Å². The van der Waals surface area contributed by atoms with Gasteiger partial charge in [-0.05, 0) is 43.4 Å². The lowest BCUT2D eigenvalue weighted by Crippen LogP contribution is -2.54. The Hall–Kier alpha value is 0.250. The van der Waals surface area contributed by atoms with Crippen molar-refractivity contribution in [3.8, 4) is 0 Å². The highest BCUT2D eigenvalue weighted by atomic mass is 35.5. The van der Waals surface area contributed by atoms with Gasteiger partial charge >= 0.3 is 0 Å². The average molecular weight is 187 g/mol. The minimum absolute atomic E-state index is 0.0692. The van der Waals surface area contributed by atoms with Crippen molar-refractivity contribution in [1.29, 1.82) is 0 Å². The summed E-state index contributed by atoms with van der Waals surface area (Å²) in [5.41, 5.74) is 0. The molecule has 4 rings (SSSR count). The summed E-state index contributed by atoms with van der Waals surface area (Å²) >= 11 is 6.31. The normalized spacial score (nSPS) is 62.5. The van der Waals surface area contributed by atoms with Gasteiger partial charge in [-0.15, -0.1) is 11.6 Å². The lowest BCUT2D eigenvalue weighted by molar-refractivity contribution is -0.0886. The van der Waals surface area contributed by atoms with Gasteiger partial charge in [0.15, 0.2) is 0 Å². The van der Waals surface area contributed by atoms with Crippen LogP contribution in [0.2, 0.25) is 0 Å². The van der Waals surface area contributed by atoms with E-state index in [-0.39, 0.29) is 11.5 Å². The number of halogens is 1. The standard InChI is InChI=1S/C10H15ClO/c11-9-6-1-5-2-7(4-6)10(12)8(9)3-5/h5-10,12H,1-4H2/t5-,6+,7-,8-,9+,10+/m1/s1. The van der Waals surface area contributed by atoms with Crippen molar-refractivity contribution in [2.24, 2.45) is 23.7 Å². The number of hydrogen-bond acceptors (Lipinski definition) is 1. The number of alkyl halides is 1. The van der Waals surface area contributed by atoms with Crippen molar-refractivity contribution in [2.45, 2.75) is 37.2 Å². The largest absolute Gasteiger partial charge is 0.392 e. The van der Waals surface area contributed by atoms with Gasteiger partial charge in [0.25, 0.3) is 0 Å². The number of hydrogen-bond donors (Lipinski definition) is 1. The van der Waals surface area contributed by atoms with E-state index in [9.17, 15) is 5.11 Å². The molecule has 4 aliphatic rings. The van der Waals surface area contributed by atoms with Gasteiger partial charge in [-0.1, -0.05) is 0 Å². The van der Waals surface area contributed by atoms with Gasteiger partial charge in [-0.2, -0.15) is 0 Å². The first-order valence-electron chi connectivity index (χ1n) is 5.08. The van der Waals surface area contributed by atoms with E-state index in [0.717, 1.165) is 11.8 Å². The van der Waals surface area contributed by atoms with Gasteiger partial charge in [0.2, 0.25) is 0 Å². The molecule has 1 nitrogen and oxygen atoms in total. The monoisotopic (exact) mass is 186 g/mol. The zero-order valence-electron chi connectivity index (χ0n) is 7.12. The van der Waals surface area contributed by atoms with E-state index in [1.165, 1.54) is 25.7 Å². The maximum absolute atomic E-state index is 9.91. The van der Waals surface area contributed by atoms with E-state index in [0.29, 0.717) is 11.8 Å². The Balaban J connectivity index is 1.93. The molecule has 0 aliphatic heterocycles. The van der Waals surface area contributed by atoms with Crippen LogP contribution in [0.3, 0.4) is 0 Å². The van der Waals surface area contributed by atoms with Gasteiger partial charge in [-0.25, -0.2) is 0 Å². The Kier molecular flexibility index (Phi) is 1.52. The predicted molar refractivity (Wildman–Crippen MR) is 48.1 cm³/mol. The summed E-state index contributed by atoms with van der Waals surface area (Å²) in [4.78, 5) is 0. The maximum atomic E-state index is 9.91. The highest BCUT2D eigenvalue weighted by Gasteiger charge is 2.52. The third-order valence-corrected chi connectivity index (χ3v) is 4.94. The van der Waals surface area contributed by atoms with E-state index in [1.54, 1.807) is 0 Å². The Labute approximate surface area is 78.1 Å². The van der Waals surface area contributed by atoms with E-state index in [4.69, 9.17) is 11.6 Å². The highest BCUT2D eigenvalue weighted by molar-refractivity contribution is 6.21. The maximum Gasteiger partial charge on any atom is 0.0611 e. The van der Waals surface area contributed by atoms with Crippen LogP contribution in [-0.4, -0.2) is 16.6 Å². The van der Waals surface area contributed by atoms with Crippen LogP contribution >= 0.6 is 11.6 Å². The first-order chi connectivity index (χ1) is 5.75. The molecule has 0 spiro atoms. The molecule has 4 bridgehead atoms. The Bertz CT molecular complexity index is 188. The molecule has 4 aliphatic carbocycles. The van der Waals surface area contributed by atoms with Crippen LogP contribution in [0.4, 0.5) is 0 Å². The second-order valence-corrected chi connectivity index (χ2v) is 5.43. The third-order valence-electron chi connectivity index (χ3n) is 4.26. The molecule has 0 radical (unpaired) electrons. The van der Waals surface area contributed by atoms with Gasteiger partial charge in [0, 0.05) is 11.3 Å². The van der Waals surface area contributed by atoms with E-state index in [2.05, 4.69) is 0 Å². The van der Waals surface area contributed by atoms with Crippen molar-refractivity contribution < 1.29 is 5.11 Å². The molecule has 1 N–H and O–H groups in total. The molecule has 6 atom stereocenters. The van der Waals surface area contributed by atoms with Crippen LogP contribution in [-0.2, 0) is 0 Å². The van der Waals surface area contributed by atoms with Gasteiger partial charge < -0.3 is 5.11 Å². The molecule has 0 unspecified atom stereocenters. The molecule has 4 saturated carbocycles. The molecular weight excluding hydrogens is 172 g/mol. The van der Waals surface area contributed by atoms with Crippen molar-refractivity contribution in [1.82, 2.24) is 0 Å². The van der Waals surface area contributed by atoms with Crippen LogP contribution in [0.25, 0.3) is 0 Å². The minimum Gasteiger partial charge on any atom is -0.392 e. The molecule has 0 heterocycles. The van der Waals surface area contributed by atoms with E-state index >= 15 is 0 Å². The molecule has 68 valence electrons. The molecule has 2 heteroatoms. The summed E-state index contributed by atoms with van der Waals surface area (Å²) in [5.74, 6) is 2.67. The van der Waals surface area contributed by atoms with E-state index in [1.807, 2.05) is 0 Å². The molecule has 0 aromatic heterocycles. The second kappa shape index (κ2) is 2.39. The minimum atomic E-state index is -0.0692. The smallest absolute Gasteiger partial charge is 0.0611 e. The first-order valence-corrected chi connectivity index (χ1v) is 5.51. The Morgan fingerprint density at radius 3 is 2.58 bits per heavy atom. The van der Waals surface area contributed by atoms with Crippen molar-refractivity contribution in [3.63, 3.8) is 0 Å². The Morgan fingerprint density at radius 1 is 1.00 bits per heavy atom. The fourth-order valence-electron chi connectivity index (χ4n) is 3.81. The molecule has 0 amide bonds. The highest BCUT2D eigenvalue weighted by Crippen LogP contribution is 2.55. The summed E-state index contributed by atoms with van der Waals surface area (Å²) < 4.78 is 0. The summed E-state index contributed by atoms with van der Waals surface area (Å²) in [6, 6.07) is 0. The molecule has 4 fully saturated rings. The van der Waals surface area contributed by atoms with E-state index < -0.39 is 0 Å². The Morgan fingerprint density at radius 2 is 1.75 bits per heavy atom. The zero-order valence-corrected chi connectivity index (χ0v) is 7.87. The van der Waals surface area contributed by atoms with Crippen molar-refractivity contribution in [3.05, 3.63) is 0 Å². The number of rotatable bonds is 0. The summed E-state index contributed by atoms with van der Waals surface area (Å²) in [6.07, 6.45) is 4.94. The van der Waals surface area contributed by atoms with Crippen LogP contribution in [0, 0.1) is 23.7 Å². The first kappa shape index (κ1) is 7.64. The molecule has 0 aromatic rings. The lowest BCUT2D eigenvalue weighted by atomic mass is 9.55. The quantitative estimate of drug-likeness (QED) is 0.574. The number of aliphatic hydroxyl groups excluding tert-OH is 1. The van der Waals surface area contributed by atoms with Crippen LogP contribution in [0.15, 0.2) is 0 Å². The van der Waals surface area contributed by atoms with Crippen molar-refractivity contribution >= 4 is 11.6 Å². The molecule has 12 heavy (non-hydrogen) atoms. The van der Waals surface area contributed by atoms with Crippen LogP contribution in [0.5, 0.6) is 0 Å². The second-order valence-electron chi connectivity index (χ2n) is 4.93. The average Bonchev–Trinajstić information content (AvgIpc) is 2.07. The summed E-state index contributed by atoms with van der Waals surface area (Å²) in [6.45, 7) is 0. The fraction of sp³-hybridized carbons (Fsp3) is 1.00. The number of aliphatic hydroxyl groups is 1. The van der Waals surface area contributed by atoms with Crippen molar-refractivity contribution in [2.75, 3.05) is 0 Å². The molecular formula is C10H15ClO. The third kappa shape index (κ3) is 0.843. The fourth-order valence-corrected chi connectivity index (χ4v) is 4.26. The SMILES string of the molecule is O[C@H]1[C@@H]2C[C@H]3C[C@@H](C2)[C@H](Cl)[C@H]1C3. The molecule has 0 saturated heterocycles. The predicted octanol–water partition coefficient (Wildman–Crippen LogP) is 2.02.